The van der Waals surface area contributed by atoms with Crippen molar-refractivity contribution in [1.82, 2.24) is 9.55 Å². The van der Waals surface area contributed by atoms with Crippen molar-refractivity contribution in [2.75, 3.05) is 6.61 Å². The fourth-order valence-electron chi connectivity index (χ4n) is 2.69. The van der Waals surface area contributed by atoms with Crippen molar-refractivity contribution < 1.29 is 9.13 Å². The van der Waals surface area contributed by atoms with E-state index in [2.05, 4.69) is 11.9 Å². The van der Waals surface area contributed by atoms with Crippen molar-refractivity contribution in [3.8, 4) is 0 Å². The normalized spacial score (nSPS) is 24.6. The van der Waals surface area contributed by atoms with Gasteiger partial charge in [0.25, 0.3) is 0 Å². The Morgan fingerprint density at radius 2 is 2.33 bits per heavy atom. The van der Waals surface area contributed by atoms with Gasteiger partial charge in [-0.1, -0.05) is 6.07 Å². The van der Waals surface area contributed by atoms with Gasteiger partial charge in [-0.3, -0.25) is 0 Å². The Labute approximate surface area is 110 Å². The molecule has 0 bridgehead atoms. The van der Waals surface area contributed by atoms with E-state index in [1.807, 2.05) is 10.6 Å². The number of nitrogens with zero attached hydrogens (tertiary/aromatic N) is 1. The molecule has 1 fully saturated rings. The average Bonchev–Trinajstić information content (AvgIpc) is 2.67. The molecule has 0 amide bonds. The zero-order valence-corrected chi connectivity index (χ0v) is 11.0. The summed E-state index contributed by atoms with van der Waals surface area (Å²) in [6.07, 6.45) is 2.06. The number of H-pyrrole nitrogens is 1. The van der Waals surface area contributed by atoms with E-state index in [9.17, 15) is 4.39 Å². The molecule has 3 nitrogen and oxygen atoms in total. The summed E-state index contributed by atoms with van der Waals surface area (Å²) in [5, 5.41) is 0. The molecule has 0 saturated carbocycles. The monoisotopic (exact) mass is 266 g/mol. The predicted octanol–water partition coefficient (Wildman–Crippen LogP) is 3.58. The molecule has 2 atom stereocenters. The van der Waals surface area contributed by atoms with Gasteiger partial charge in [-0.25, -0.2) is 4.39 Å². The van der Waals surface area contributed by atoms with Gasteiger partial charge in [0.1, 0.15) is 11.3 Å². The smallest absolute Gasteiger partial charge is 0.178 e. The average molecular weight is 266 g/mol. The van der Waals surface area contributed by atoms with Crippen LogP contribution in [0.4, 0.5) is 4.39 Å². The molecule has 5 heteroatoms. The van der Waals surface area contributed by atoms with E-state index >= 15 is 0 Å². The van der Waals surface area contributed by atoms with Crippen LogP contribution in [0.25, 0.3) is 11.0 Å². The van der Waals surface area contributed by atoms with Crippen LogP contribution >= 0.6 is 12.2 Å². The topological polar surface area (TPSA) is 29.9 Å². The van der Waals surface area contributed by atoms with Crippen LogP contribution in [0.3, 0.4) is 0 Å². The number of benzene rings is 1. The maximum Gasteiger partial charge on any atom is 0.178 e. The van der Waals surface area contributed by atoms with Gasteiger partial charge in [0.05, 0.1) is 11.6 Å². The molecule has 0 aliphatic carbocycles. The zero-order valence-electron chi connectivity index (χ0n) is 10.1. The van der Waals surface area contributed by atoms with E-state index in [1.165, 1.54) is 6.07 Å². The minimum absolute atomic E-state index is 0.226. The zero-order chi connectivity index (χ0) is 12.7. The number of imidazole rings is 1. The molecule has 3 rings (SSSR count). The summed E-state index contributed by atoms with van der Waals surface area (Å²) in [5.41, 5.74) is 1.35. The first-order chi connectivity index (χ1) is 8.66. The number of fused-ring (bicyclic) bond motifs is 1. The quantitative estimate of drug-likeness (QED) is 0.800. The van der Waals surface area contributed by atoms with E-state index in [-0.39, 0.29) is 18.0 Å². The molecule has 18 heavy (non-hydrogen) atoms. The number of ether oxygens (including phenoxy) is 1. The van der Waals surface area contributed by atoms with E-state index in [1.54, 1.807) is 6.07 Å². The Morgan fingerprint density at radius 3 is 3.11 bits per heavy atom. The number of para-hydroxylation sites is 1. The van der Waals surface area contributed by atoms with Gasteiger partial charge in [-0.05, 0) is 44.1 Å². The van der Waals surface area contributed by atoms with Gasteiger partial charge in [-0.15, -0.1) is 0 Å². The highest BCUT2D eigenvalue weighted by molar-refractivity contribution is 7.71. The summed E-state index contributed by atoms with van der Waals surface area (Å²) in [6.45, 7) is 2.79. The number of aromatic nitrogens is 2. The van der Waals surface area contributed by atoms with Gasteiger partial charge < -0.3 is 14.3 Å². The lowest BCUT2D eigenvalue weighted by molar-refractivity contribution is 0.00647. The highest BCUT2D eigenvalue weighted by Gasteiger charge is 2.23. The molecule has 2 unspecified atom stereocenters. The minimum Gasteiger partial charge on any atom is -0.378 e. The van der Waals surface area contributed by atoms with Gasteiger partial charge in [0.2, 0.25) is 0 Å². The Kier molecular flexibility index (Phi) is 2.95. The maximum atomic E-state index is 13.7. The molecule has 1 aromatic heterocycles. The van der Waals surface area contributed by atoms with Crippen LogP contribution in [0.1, 0.15) is 25.8 Å². The van der Waals surface area contributed by atoms with E-state index in [0.717, 1.165) is 25.0 Å². The predicted molar refractivity (Wildman–Crippen MR) is 70.8 cm³/mol. The Morgan fingerprint density at radius 1 is 1.50 bits per heavy atom. The SMILES string of the molecule is CC1CC(n2c(=S)[nH]c3c(F)cccc32)CCO1. The second kappa shape index (κ2) is 4.48. The molecular weight excluding hydrogens is 251 g/mol. The van der Waals surface area contributed by atoms with Crippen LogP contribution in [0.2, 0.25) is 0 Å². The van der Waals surface area contributed by atoms with Crippen molar-refractivity contribution in [2.45, 2.75) is 31.9 Å². The molecule has 1 aliphatic heterocycles. The lowest BCUT2D eigenvalue weighted by Gasteiger charge is -2.28. The second-order valence-electron chi connectivity index (χ2n) is 4.79. The van der Waals surface area contributed by atoms with Crippen molar-refractivity contribution in [3.05, 3.63) is 28.8 Å². The van der Waals surface area contributed by atoms with Crippen molar-refractivity contribution in [1.29, 1.82) is 0 Å². The van der Waals surface area contributed by atoms with E-state index < -0.39 is 0 Å². The third-order valence-electron chi connectivity index (χ3n) is 3.52. The van der Waals surface area contributed by atoms with Crippen molar-refractivity contribution >= 4 is 23.3 Å². The molecule has 1 aromatic carbocycles. The number of halogens is 1. The number of aromatic amines is 1. The van der Waals surface area contributed by atoms with Gasteiger partial charge >= 0.3 is 0 Å². The molecule has 1 aliphatic rings. The van der Waals surface area contributed by atoms with E-state index in [0.29, 0.717) is 10.3 Å². The minimum atomic E-state index is -0.252. The van der Waals surface area contributed by atoms with Gasteiger partial charge in [0, 0.05) is 12.6 Å². The molecule has 96 valence electrons. The summed E-state index contributed by atoms with van der Waals surface area (Å²) in [6, 6.07) is 5.37. The molecule has 1 saturated heterocycles. The maximum absolute atomic E-state index is 13.7. The van der Waals surface area contributed by atoms with Crippen LogP contribution in [0.15, 0.2) is 18.2 Å². The molecular formula is C13H15FN2OS. The third-order valence-corrected chi connectivity index (χ3v) is 3.82. The van der Waals surface area contributed by atoms with Gasteiger partial charge in [0.15, 0.2) is 4.77 Å². The lowest BCUT2D eigenvalue weighted by atomic mass is 10.0. The molecule has 2 heterocycles. The van der Waals surface area contributed by atoms with Crippen LogP contribution in [0.5, 0.6) is 0 Å². The first-order valence-electron chi connectivity index (χ1n) is 6.17. The van der Waals surface area contributed by atoms with Crippen molar-refractivity contribution in [2.24, 2.45) is 0 Å². The Balaban J connectivity index is 2.14. The number of rotatable bonds is 1. The largest absolute Gasteiger partial charge is 0.378 e. The second-order valence-corrected chi connectivity index (χ2v) is 5.18. The summed E-state index contributed by atoms with van der Waals surface area (Å²) in [7, 11) is 0. The summed E-state index contributed by atoms with van der Waals surface area (Å²) >= 11 is 5.33. The lowest BCUT2D eigenvalue weighted by Crippen LogP contribution is -2.25. The number of hydrogen-bond acceptors (Lipinski definition) is 2. The summed E-state index contributed by atoms with van der Waals surface area (Å²) in [4.78, 5) is 2.97. The third kappa shape index (κ3) is 1.87. The highest BCUT2D eigenvalue weighted by atomic mass is 32.1. The molecule has 0 spiro atoms. The van der Waals surface area contributed by atoms with Crippen LogP contribution < -0.4 is 0 Å². The first-order valence-corrected chi connectivity index (χ1v) is 6.58. The molecule has 2 aromatic rings. The first kappa shape index (κ1) is 11.9. The van der Waals surface area contributed by atoms with Gasteiger partial charge in [-0.2, -0.15) is 0 Å². The van der Waals surface area contributed by atoms with Crippen molar-refractivity contribution in [3.63, 3.8) is 0 Å². The highest BCUT2D eigenvalue weighted by Crippen LogP contribution is 2.29. The fraction of sp³-hybridized carbons (Fsp3) is 0.462. The standard InChI is InChI=1S/C13H15FN2OS/c1-8-7-9(5-6-17-8)16-11-4-2-3-10(14)12(11)15-13(16)18/h2-4,8-9H,5-7H2,1H3,(H,15,18). The molecule has 0 radical (unpaired) electrons. The fourth-order valence-corrected chi connectivity index (χ4v) is 3.03. The number of hydrogen-bond donors (Lipinski definition) is 1. The Bertz CT molecular complexity index is 633. The molecule has 1 N–H and O–H groups in total. The van der Waals surface area contributed by atoms with Crippen LogP contribution in [-0.4, -0.2) is 22.3 Å². The van der Waals surface area contributed by atoms with Crippen LogP contribution in [0, 0.1) is 10.6 Å². The summed E-state index contributed by atoms with van der Waals surface area (Å²) < 4.78 is 21.9. The van der Waals surface area contributed by atoms with E-state index in [4.69, 9.17) is 17.0 Å². The van der Waals surface area contributed by atoms with Crippen LogP contribution in [-0.2, 0) is 4.74 Å². The Hall–Kier alpha value is -1.20. The number of nitrogens with one attached hydrogen (secondary N) is 1. The summed E-state index contributed by atoms with van der Waals surface area (Å²) in [5.74, 6) is -0.252.